The maximum atomic E-state index is 13.2. The van der Waals surface area contributed by atoms with Crippen molar-refractivity contribution in [3.05, 3.63) is 60.2 Å². The molecule has 6 atom stereocenters. The molecule has 39 heavy (non-hydrogen) atoms. The number of benzene rings is 2. The molecule has 11 heteroatoms. The van der Waals surface area contributed by atoms with E-state index in [2.05, 4.69) is 0 Å². The fraction of sp³-hybridized carbons (Fsp3) is 0.393. The lowest BCUT2D eigenvalue weighted by Gasteiger charge is -2.42. The van der Waals surface area contributed by atoms with Gasteiger partial charge in [-0.3, -0.25) is 19.2 Å². The summed E-state index contributed by atoms with van der Waals surface area (Å²) in [7, 11) is 1.07. The molecule has 3 rings (SSSR count). The molecule has 0 aliphatic carbocycles. The first-order valence-electron chi connectivity index (χ1n) is 12.1. The fourth-order valence-electron chi connectivity index (χ4n) is 4.12. The molecule has 1 saturated heterocycles. The van der Waals surface area contributed by atoms with E-state index >= 15 is 0 Å². The molecule has 0 aromatic heterocycles. The van der Waals surface area contributed by atoms with Gasteiger partial charge in [0.15, 0.2) is 18.3 Å². The van der Waals surface area contributed by atoms with Gasteiger partial charge in [0.25, 0.3) is 0 Å². The standard InChI is InChI=1S/C28H30O11/c1-15(19-11-13-21(14-12-19)20-9-7-6-8-10-20)26(32)39-28-25(37-18(4)31)23(36-17(3)30)22(35-16(2)29)24(38-28)27(33)34-5/h6-15,22-25,28H,1-5H3/t15-,22-,23-,24-,25+,28-/m0/s1. The Hall–Kier alpha value is -4.25. The van der Waals surface area contributed by atoms with Crippen LogP contribution in [0.15, 0.2) is 54.6 Å². The summed E-state index contributed by atoms with van der Waals surface area (Å²) < 4.78 is 31.7. The van der Waals surface area contributed by atoms with E-state index in [1.54, 1.807) is 19.1 Å². The Bertz CT molecular complexity index is 1190. The molecule has 0 radical (unpaired) electrons. The third kappa shape index (κ3) is 7.41. The Kier molecular flexibility index (Phi) is 9.78. The lowest BCUT2D eigenvalue weighted by Crippen LogP contribution is -2.64. The van der Waals surface area contributed by atoms with E-state index in [9.17, 15) is 24.0 Å². The van der Waals surface area contributed by atoms with E-state index < -0.39 is 66.5 Å². The Morgan fingerprint density at radius 2 is 1.21 bits per heavy atom. The average Bonchev–Trinajstić information content (AvgIpc) is 2.90. The van der Waals surface area contributed by atoms with Crippen molar-refractivity contribution >= 4 is 29.8 Å². The van der Waals surface area contributed by atoms with Crippen molar-refractivity contribution in [3.63, 3.8) is 0 Å². The van der Waals surface area contributed by atoms with Gasteiger partial charge >= 0.3 is 29.8 Å². The molecule has 0 saturated carbocycles. The average molecular weight is 543 g/mol. The molecule has 0 spiro atoms. The van der Waals surface area contributed by atoms with E-state index in [0.717, 1.165) is 39.0 Å². The summed E-state index contributed by atoms with van der Waals surface area (Å²) in [6.45, 7) is 4.82. The largest absolute Gasteiger partial charge is 0.467 e. The number of carbonyl (C=O) groups is 5. The zero-order valence-electron chi connectivity index (χ0n) is 22.2. The van der Waals surface area contributed by atoms with Crippen LogP contribution in [0.5, 0.6) is 0 Å². The van der Waals surface area contributed by atoms with Crippen molar-refractivity contribution in [2.24, 2.45) is 0 Å². The summed E-state index contributed by atoms with van der Waals surface area (Å²) in [6.07, 6.45) is -8.03. The summed E-state index contributed by atoms with van der Waals surface area (Å²) in [5.74, 6) is -5.07. The second-order valence-electron chi connectivity index (χ2n) is 8.82. The van der Waals surface area contributed by atoms with Gasteiger partial charge < -0.3 is 28.4 Å². The Morgan fingerprint density at radius 3 is 1.74 bits per heavy atom. The van der Waals surface area contributed by atoms with Gasteiger partial charge in [-0.05, 0) is 23.6 Å². The van der Waals surface area contributed by atoms with Crippen molar-refractivity contribution in [3.8, 4) is 11.1 Å². The van der Waals surface area contributed by atoms with Crippen molar-refractivity contribution < 1.29 is 52.4 Å². The van der Waals surface area contributed by atoms with Gasteiger partial charge in [-0.25, -0.2) is 4.79 Å². The molecule has 208 valence electrons. The quantitative estimate of drug-likeness (QED) is 0.359. The summed E-state index contributed by atoms with van der Waals surface area (Å²) >= 11 is 0. The summed E-state index contributed by atoms with van der Waals surface area (Å²) in [5.41, 5.74) is 2.58. The molecule has 1 aliphatic heterocycles. The normalized spacial score (nSPS) is 23.1. The zero-order valence-corrected chi connectivity index (χ0v) is 22.2. The number of rotatable bonds is 8. The predicted molar refractivity (Wildman–Crippen MR) is 134 cm³/mol. The molecule has 1 aliphatic rings. The Balaban J connectivity index is 1.89. The first kappa shape index (κ1) is 29.3. The third-order valence-corrected chi connectivity index (χ3v) is 5.94. The monoisotopic (exact) mass is 542 g/mol. The Morgan fingerprint density at radius 1 is 0.692 bits per heavy atom. The summed E-state index contributed by atoms with van der Waals surface area (Å²) in [6, 6.07) is 16.9. The third-order valence-electron chi connectivity index (χ3n) is 5.94. The lowest BCUT2D eigenvalue weighted by atomic mass is 9.96. The number of methoxy groups -OCH3 is 1. The van der Waals surface area contributed by atoms with Crippen LogP contribution < -0.4 is 0 Å². The number of hydrogen-bond acceptors (Lipinski definition) is 11. The van der Waals surface area contributed by atoms with Gasteiger partial charge in [0.2, 0.25) is 12.4 Å². The molecule has 0 N–H and O–H groups in total. The second-order valence-corrected chi connectivity index (χ2v) is 8.82. The van der Waals surface area contributed by atoms with Crippen molar-refractivity contribution in [1.82, 2.24) is 0 Å². The summed E-state index contributed by atoms with van der Waals surface area (Å²) in [4.78, 5) is 61.3. The van der Waals surface area contributed by atoms with Crippen molar-refractivity contribution in [1.29, 1.82) is 0 Å². The van der Waals surface area contributed by atoms with E-state index in [1.165, 1.54) is 0 Å². The van der Waals surface area contributed by atoms with Crippen LogP contribution in [0, 0.1) is 0 Å². The minimum absolute atomic E-state index is 0.623. The minimum atomic E-state index is -1.70. The van der Waals surface area contributed by atoms with Crippen LogP contribution in [0.4, 0.5) is 0 Å². The second kappa shape index (κ2) is 13.0. The van der Waals surface area contributed by atoms with Crippen LogP contribution in [-0.2, 0) is 52.4 Å². The first-order chi connectivity index (χ1) is 18.5. The van der Waals surface area contributed by atoms with Gasteiger partial charge in [-0.1, -0.05) is 54.6 Å². The van der Waals surface area contributed by atoms with Crippen LogP contribution in [-0.4, -0.2) is 67.7 Å². The molecular weight excluding hydrogens is 512 g/mol. The van der Waals surface area contributed by atoms with Crippen LogP contribution in [0.25, 0.3) is 11.1 Å². The maximum absolute atomic E-state index is 13.2. The number of esters is 5. The molecule has 11 nitrogen and oxygen atoms in total. The van der Waals surface area contributed by atoms with Gasteiger partial charge in [-0.15, -0.1) is 0 Å². The minimum Gasteiger partial charge on any atom is -0.467 e. The highest BCUT2D eigenvalue weighted by Gasteiger charge is 2.56. The maximum Gasteiger partial charge on any atom is 0.339 e. The first-order valence-corrected chi connectivity index (χ1v) is 12.1. The van der Waals surface area contributed by atoms with Gasteiger partial charge in [0.1, 0.15) is 0 Å². The van der Waals surface area contributed by atoms with E-state index in [0.29, 0.717) is 5.56 Å². The number of ether oxygens (including phenoxy) is 6. The molecule has 0 amide bonds. The molecule has 1 heterocycles. The van der Waals surface area contributed by atoms with Crippen LogP contribution >= 0.6 is 0 Å². The highest BCUT2D eigenvalue weighted by Crippen LogP contribution is 2.32. The SMILES string of the molecule is COC(=O)[C@H]1O[C@@H](OC(=O)[C@@H](C)c2ccc(-c3ccccc3)cc2)[C@H](OC(C)=O)[C@@H](OC(C)=O)[C@@H]1OC(C)=O. The van der Waals surface area contributed by atoms with E-state index in [-0.39, 0.29) is 0 Å². The van der Waals surface area contributed by atoms with Crippen molar-refractivity contribution in [2.75, 3.05) is 7.11 Å². The molecule has 0 unspecified atom stereocenters. The smallest absolute Gasteiger partial charge is 0.339 e. The van der Waals surface area contributed by atoms with Gasteiger partial charge in [0, 0.05) is 20.8 Å². The lowest BCUT2D eigenvalue weighted by molar-refractivity contribution is -0.294. The highest BCUT2D eigenvalue weighted by molar-refractivity contribution is 5.79. The zero-order chi connectivity index (χ0) is 28.7. The van der Waals surface area contributed by atoms with Crippen LogP contribution in [0.3, 0.4) is 0 Å². The predicted octanol–water partition coefficient (Wildman–Crippen LogP) is 2.69. The van der Waals surface area contributed by atoms with Gasteiger partial charge in [0.05, 0.1) is 13.0 Å². The molecule has 1 fully saturated rings. The molecule has 2 aromatic rings. The van der Waals surface area contributed by atoms with Crippen molar-refractivity contribution in [2.45, 2.75) is 64.3 Å². The van der Waals surface area contributed by atoms with Gasteiger partial charge in [-0.2, -0.15) is 0 Å². The fourth-order valence-corrected chi connectivity index (χ4v) is 4.12. The Labute approximate surface area is 225 Å². The topological polar surface area (TPSA) is 141 Å². The molecular formula is C28H30O11. The molecule has 2 aromatic carbocycles. The molecule has 0 bridgehead atoms. The van der Waals surface area contributed by atoms with E-state index in [1.807, 2.05) is 42.5 Å². The van der Waals surface area contributed by atoms with E-state index in [4.69, 9.17) is 28.4 Å². The highest BCUT2D eigenvalue weighted by atomic mass is 16.7. The van der Waals surface area contributed by atoms with Crippen LogP contribution in [0.1, 0.15) is 39.2 Å². The number of hydrogen-bond donors (Lipinski definition) is 0. The summed E-state index contributed by atoms with van der Waals surface area (Å²) in [5, 5.41) is 0. The number of carbonyl (C=O) groups excluding carboxylic acids is 5. The van der Waals surface area contributed by atoms with Crippen LogP contribution in [0.2, 0.25) is 0 Å².